The minimum atomic E-state index is -3.17. The van der Waals surface area contributed by atoms with Crippen LogP contribution in [0.25, 0.3) is 0 Å². The van der Waals surface area contributed by atoms with Crippen LogP contribution >= 0.6 is 0 Å². The fraction of sp³-hybridized carbons (Fsp3) is 0.571. The third kappa shape index (κ3) is 4.49. The van der Waals surface area contributed by atoms with Crippen LogP contribution in [0.3, 0.4) is 0 Å². The van der Waals surface area contributed by atoms with Crippen molar-refractivity contribution in [3.05, 3.63) is 39.9 Å². The number of nitrogens with zero attached hydrogens (tertiary/aromatic N) is 2. The summed E-state index contributed by atoms with van der Waals surface area (Å²) in [5, 5.41) is 10.9. The van der Waals surface area contributed by atoms with Gasteiger partial charge in [0.1, 0.15) is 0 Å². The monoisotopic (exact) mass is 327 g/mol. The number of benzene rings is 1. The summed E-state index contributed by atoms with van der Waals surface area (Å²) < 4.78 is 25.1. The van der Waals surface area contributed by atoms with Crippen molar-refractivity contribution < 1.29 is 13.3 Å². The maximum absolute atomic E-state index is 11.2. The predicted molar refractivity (Wildman–Crippen MR) is 84.1 cm³/mol. The van der Waals surface area contributed by atoms with Gasteiger partial charge in [-0.1, -0.05) is 12.1 Å². The zero-order valence-electron chi connectivity index (χ0n) is 12.7. The summed E-state index contributed by atoms with van der Waals surface area (Å²) in [6.45, 7) is 3.54. The average molecular weight is 327 g/mol. The molecule has 0 saturated carbocycles. The van der Waals surface area contributed by atoms with Crippen molar-refractivity contribution in [3.63, 3.8) is 0 Å². The van der Waals surface area contributed by atoms with Crippen molar-refractivity contribution in [1.29, 1.82) is 0 Å². The fourth-order valence-electron chi connectivity index (χ4n) is 2.82. The van der Waals surface area contributed by atoms with E-state index in [9.17, 15) is 18.5 Å². The topological polar surface area (TPSA) is 92.6 Å². The van der Waals surface area contributed by atoms with E-state index in [0.717, 1.165) is 31.5 Å². The molecule has 1 aromatic carbocycles. The van der Waals surface area contributed by atoms with Gasteiger partial charge in [-0.2, -0.15) is 0 Å². The largest absolute Gasteiger partial charge is 0.296 e. The Morgan fingerprint density at radius 1 is 1.36 bits per heavy atom. The summed E-state index contributed by atoms with van der Waals surface area (Å²) in [6.07, 6.45) is 2.66. The molecule has 1 aliphatic rings. The standard InChI is InChI=1S/C14H21N3O4S/c1-11(12-4-3-5-14(10-12)17(18)19)16-8-6-13(7-9-16)15-22(2,20)21/h3-5,10-11,13,15H,6-9H2,1-2H3. The Labute approximate surface area is 130 Å². The molecule has 8 heteroatoms. The maximum atomic E-state index is 11.2. The SMILES string of the molecule is CC(c1cccc([N+](=O)[O-])c1)N1CCC(NS(C)(=O)=O)CC1. The number of nitrogens with one attached hydrogen (secondary N) is 1. The van der Waals surface area contributed by atoms with Gasteiger partial charge in [-0.25, -0.2) is 13.1 Å². The first-order valence-corrected chi connectivity index (χ1v) is 9.11. The van der Waals surface area contributed by atoms with E-state index in [1.54, 1.807) is 12.1 Å². The lowest BCUT2D eigenvalue weighted by Gasteiger charge is -2.36. The molecule has 2 rings (SSSR count). The third-order valence-corrected chi connectivity index (χ3v) is 4.78. The molecule has 1 aliphatic heterocycles. The Morgan fingerprint density at radius 3 is 2.55 bits per heavy atom. The van der Waals surface area contributed by atoms with E-state index in [4.69, 9.17) is 0 Å². The normalized spacial score (nSPS) is 19.0. The van der Waals surface area contributed by atoms with Crippen molar-refractivity contribution in [2.75, 3.05) is 19.3 Å². The molecule has 0 bridgehead atoms. The van der Waals surface area contributed by atoms with Gasteiger partial charge in [0, 0.05) is 37.3 Å². The van der Waals surface area contributed by atoms with Crippen LogP contribution in [0.1, 0.15) is 31.4 Å². The highest BCUT2D eigenvalue weighted by atomic mass is 32.2. The lowest BCUT2D eigenvalue weighted by Crippen LogP contribution is -2.44. The summed E-state index contributed by atoms with van der Waals surface area (Å²) in [4.78, 5) is 12.7. The van der Waals surface area contributed by atoms with Gasteiger partial charge in [0.05, 0.1) is 11.2 Å². The van der Waals surface area contributed by atoms with Gasteiger partial charge < -0.3 is 0 Å². The quantitative estimate of drug-likeness (QED) is 0.656. The molecular weight excluding hydrogens is 306 g/mol. The number of rotatable bonds is 5. The van der Waals surface area contributed by atoms with Crippen molar-refractivity contribution in [2.45, 2.75) is 31.8 Å². The molecular formula is C14H21N3O4S. The Kier molecular flexibility index (Phi) is 5.15. The van der Waals surface area contributed by atoms with Gasteiger partial charge in [-0.15, -0.1) is 0 Å². The zero-order chi connectivity index (χ0) is 16.3. The number of non-ortho nitro benzene ring substituents is 1. The van der Waals surface area contributed by atoms with Crippen LogP contribution in [-0.2, 0) is 10.0 Å². The number of sulfonamides is 1. The van der Waals surface area contributed by atoms with Crippen molar-refractivity contribution in [3.8, 4) is 0 Å². The predicted octanol–water partition coefficient (Wildman–Crippen LogP) is 1.67. The zero-order valence-corrected chi connectivity index (χ0v) is 13.5. The van der Waals surface area contributed by atoms with Gasteiger partial charge in [0.2, 0.25) is 10.0 Å². The molecule has 0 radical (unpaired) electrons. The van der Waals surface area contributed by atoms with Crippen molar-refractivity contribution in [2.24, 2.45) is 0 Å². The van der Waals surface area contributed by atoms with E-state index in [0.29, 0.717) is 0 Å². The molecule has 1 unspecified atom stereocenters. The minimum absolute atomic E-state index is 0.0245. The van der Waals surface area contributed by atoms with Gasteiger partial charge in [-0.3, -0.25) is 15.0 Å². The number of likely N-dealkylation sites (tertiary alicyclic amines) is 1. The smallest absolute Gasteiger partial charge is 0.269 e. The molecule has 22 heavy (non-hydrogen) atoms. The summed E-state index contributed by atoms with van der Waals surface area (Å²) in [7, 11) is -3.17. The molecule has 1 heterocycles. The summed E-state index contributed by atoms with van der Waals surface area (Å²) in [5.74, 6) is 0. The third-order valence-electron chi connectivity index (χ3n) is 4.02. The van der Waals surface area contributed by atoms with E-state index < -0.39 is 14.9 Å². The van der Waals surface area contributed by atoms with Gasteiger partial charge >= 0.3 is 0 Å². The van der Waals surface area contributed by atoms with Crippen LogP contribution in [0, 0.1) is 10.1 Å². The second-order valence-electron chi connectivity index (χ2n) is 5.73. The molecule has 122 valence electrons. The van der Waals surface area contributed by atoms with Crippen LogP contribution < -0.4 is 4.72 Å². The van der Waals surface area contributed by atoms with Crippen LogP contribution in [0.2, 0.25) is 0 Å². The highest BCUT2D eigenvalue weighted by molar-refractivity contribution is 7.88. The second-order valence-corrected chi connectivity index (χ2v) is 7.51. The molecule has 1 atom stereocenters. The van der Waals surface area contributed by atoms with Crippen LogP contribution in [-0.4, -0.2) is 43.6 Å². The van der Waals surface area contributed by atoms with E-state index in [-0.39, 0.29) is 17.8 Å². The van der Waals surface area contributed by atoms with Crippen molar-refractivity contribution >= 4 is 15.7 Å². The lowest BCUT2D eigenvalue weighted by atomic mass is 10.0. The molecule has 0 spiro atoms. The first kappa shape index (κ1) is 16.9. The fourth-order valence-corrected chi connectivity index (χ4v) is 3.66. The van der Waals surface area contributed by atoms with Crippen molar-refractivity contribution in [1.82, 2.24) is 9.62 Å². The summed E-state index contributed by atoms with van der Waals surface area (Å²) in [6, 6.07) is 6.72. The first-order valence-electron chi connectivity index (χ1n) is 7.22. The van der Waals surface area contributed by atoms with Crippen LogP contribution in [0.15, 0.2) is 24.3 Å². The van der Waals surface area contributed by atoms with Gasteiger partial charge in [-0.05, 0) is 25.3 Å². The number of nitro benzene ring substituents is 1. The Bertz CT molecular complexity index is 639. The minimum Gasteiger partial charge on any atom is -0.296 e. The Balaban J connectivity index is 1.99. The van der Waals surface area contributed by atoms with Gasteiger partial charge in [0.25, 0.3) is 5.69 Å². The Morgan fingerprint density at radius 2 is 2.00 bits per heavy atom. The van der Waals surface area contributed by atoms with E-state index in [2.05, 4.69) is 9.62 Å². The second kappa shape index (κ2) is 6.72. The molecule has 1 fully saturated rings. The molecule has 0 aliphatic carbocycles. The highest BCUT2D eigenvalue weighted by Gasteiger charge is 2.25. The number of hydrogen-bond donors (Lipinski definition) is 1. The lowest BCUT2D eigenvalue weighted by molar-refractivity contribution is -0.385. The molecule has 7 nitrogen and oxygen atoms in total. The summed E-state index contributed by atoms with van der Waals surface area (Å²) in [5.41, 5.74) is 1.00. The summed E-state index contributed by atoms with van der Waals surface area (Å²) >= 11 is 0. The van der Waals surface area contributed by atoms with E-state index in [1.807, 2.05) is 13.0 Å². The van der Waals surface area contributed by atoms with Crippen LogP contribution in [0.5, 0.6) is 0 Å². The van der Waals surface area contributed by atoms with Gasteiger partial charge in [0.15, 0.2) is 0 Å². The van der Waals surface area contributed by atoms with Crippen LogP contribution in [0.4, 0.5) is 5.69 Å². The molecule has 1 aromatic rings. The number of nitro groups is 1. The molecule has 0 aromatic heterocycles. The Hall–Kier alpha value is -1.51. The first-order chi connectivity index (χ1) is 10.3. The van der Waals surface area contributed by atoms with E-state index in [1.165, 1.54) is 12.3 Å². The maximum Gasteiger partial charge on any atom is 0.269 e. The average Bonchev–Trinajstić information content (AvgIpc) is 2.46. The number of hydrogen-bond acceptors (Lipinski definition) is 5. The molecule has 1 N–H and O–H groups in total. The van der Waals surface area contributed by atoms with E-state index >= 15 is 0 Å². The highest BCUT2D eigenvalue weighted by Crippen LogP contribution is 2.26. The molecule has 0 amide bonds. The molecule has 1 saturated heterocycles. The number of piperidine rings is 1.